The molecule has 2 rings (SSSR count). The minimum absolute atomic E-state index is 0.0932. The Labute approximate surface area is 199 Å². The van der Waals surface area contributed by atoms with Gasteiger partial charge in [0.1, 0.15) is 0 Å². The fraction of sp³-hybridized carbons (Fsp3) is 0.517. The minimum Gasteiger partial charge on any atom is -0.478 e. The van der Waals surface area contributed by atoms with Gasteiger partial charge in [-0.05, 0) is 42.5 Å². The number of rotatable bonds is 17. The third kappa shape index (κ3) is 8.68. The highest BCUT2D eigenvalue weighted by Gasteiger charge is 2.24. The molecule has 0 heterocycles. The van der Waals surface area contributed by atoms with Gasteiger partial charge in [0.05, 0.1) is 11.1 Å². The van der Waals surface area contributed by atoms with Crippen LogP contribution in [-0.4, -0.2) is 35.0 Å². The second-order valence-corrected chi connectivity index (χ2v) is 8.92. The first-order chi connectivity index (χ1) is 16.1. The predicted molar refractivity (Wildman–Crippen MR) is 138 cm³/mol. The number of allylic oxidation sites excluding steroid dienone is 1. The van der Waals surface area contributed by atoms with E-state index in [-0.39, 0.29) is 11.5 Å². The molecule has 0 fully saturated rings. The molecule has 0 bridgehead atoms. The standard InChI is InChI=1S/C29H41NO3/c1-3-5-7-8-9-10-11-12-13-17-23-30(22-16-6-4-2)28(31)27-25-19-15-14-18-24(25)20-21-26(27)29(32)33/h3,14-15,18-21H,1,4-13,16-17,22-23H2,2H3,(H,32,33). The SMILES string of the molecule is C=CCCCCCCCCCCN(CCCCC)C(=O)c1c(C(=O)O)ccc2ccccc12. The van der Waals surface area contributed by atoms with Crippen LogP contribution >= 0.6 is 0 Å². The maximum Gasteiger partial charge on any atom is 0.336 e. The van der Waals surface area contributed by atoms with Crippen molar-refractivity contribution in [2.24, 2.45) is 0 Å². The van der Waals surface area contributed by atoms with Crippen LogP contribution in [0.25, 0.3) is 10.8 Å². The number of aromatic carboxylic acids is 1. The smallest absolute Gasteiger partial charge is 0.336 e. The lowest BCUT2D eigenvalue weighted by Gasteiger charge is -2.24. The Morgan fingerprint density at radius 1 is 0.848 bits per heavy atom. The fourth-order valence-electron chi connectivity index (χ4n) is 4.36. The number of carbonyl (C=O) groups excluding carboxylic acids is 1. The third-order valence-corrected chi connectivity index (χ3v) is 6.28. The van der Waals surface area contributed by atoms with Crippen molar-refractivity contribution in [2.45, 2.75) is 84.0 Å². The first kappa shape index (κ1) is 26.6. The quantitative estimate of drug-likeness (QED) is 0.197. The molecule has 1 N–H and O–H groups in total. The third-order valence-electron chi connectivity index (χ3n) is 6.28. The molecule has 4 heteroatoms. The van der Waals surface area contributed by atoms with E-state index in [1.807, 2.05) is 35.2 Å². The summed E-state index contributed by atoms with van der Waals surface area (Å²) < 4.78 is 0. The fourth-order valence-corrected chi connectivity index (χ4v) is 4.36. The van der Waals surface area contributed by atoms with Crippen molar-refractivity contribution in [2.75, 3.05) is 13.1 Å². The van der Waals surface area contributed by atoms with Crippen molar-refractivity contribution in [3.63, 3.8) is 0 Å². The number of unbranched alkanes of at least 4 members (excludes halogenated alkanes) is 10. The van der Waals surface area contributed by atoms with E-state index >= 15 is 0 Å². The lowest BCUT2D eigenvalue weighted by Crippen LogP contribution is -2.34. The van der Waals surface area contributed by atoms with Crippen LogP contribution in [0.2, 0.25) is 0 Å². The zero-order chi connectivity index (χ0) is 23.9. The van der Waals surface area contributed by atoms with Gasteiger partial charge >= 0.3 is 5.97 Å². The Morgan fingerprint density at radius 2 is 1.45 bits per heavy atom. The molecule has 0 spiro atoms. The van der Waals surface area contributed by atoms with Gasteiger partial charge in [0.25, 0.3) is 5.91 Å². The second kappa shape index (κ2) is 15.3. The maximum absolute atomic E-state index is 13.6. The molecule has 0 radical (unpaired) electrons. The number of carboxylic acids is 1. The van der Waals surface area contributed by atoms with Gasteiger partial charge in [-0.25, -0.2) is 4.79 Å². The van der Waals surface area contributed by atoms with Crippen LogP contribution < -0.4 is 0 Å². The monoisotopic (exact) mass is 451 g/mol. The molecule has 2 aromatic rings. The van der Waals surface area contributed by atoms with Crippen LogP contribution in [0.15, 0.2) is 49.1 Å². The molecular formula is C29H41NO3. The minimum atomic E-state index is -1.05. The van der Waals surface area contributed by atoms with E-state index in [4.69, 9.17) is 0 Å². The highest BCUT2D eigenvalue weighted by Crippen LogP contribution is 2.25. The van der Waals surface area contributed by atoms with E-state index in [1.54, 1.807) is 12.1 Å². The number of hydrogen-bond donors (Lipinski definition) is 1. The average Bonchev–Trinajstić information content (AvgIpc) is 2.82. The lowest BCUT2D eigenvalue weighted by atomic mass is 9.97. The van der Waals surface area contributed by atoms with Gasteiger partial charge in [-0.2, -0.15) is 0 Å². The zero-order valence-corrected chi connectivity index (χ0v) is 20.4. The molecule has 1 amide bonds. The van der Waals surface area contributed by atoms with Gasteiger partial charge in [-0.15, -0.1) is 6.58 Å². The molecule has 4 nitrogen and oxygen atoms in total. The lowest BCUT2D eigenvalue weighted by molar-refractivity contribution is 0.0674. The molecule has 0 aromatic heterocycles. The first-order valence-electron chi connectivity index (χ1n) is 12.7. The average molecular weight is 452 g/mol. The summed E-state index contributed by atoms with van der Waals surface area (Å²) in [5.74, 6) is -1.20. The summed E-state index contributed by atoms with van der Waals surface area (Å²) in [5, 5.41) is 11.4. The number of fused-ring (bicyclic) bond motifs is 1. The molecule has 180 valence electrons. The Kier molecular flexibility index (Phi) is 12.3. The predicted octanol–water partition coefficient (Wildman–Crippen LogP) is 7.87. The van der Waals surface area contributed by atoms with Crippen molar-refractivity contribution >= 4 is 22.6 Å². The van der Waals surface area contributed by atoms with E-state index in [0.717, 1.165) is 49.3 Å². The number of carbonyl (C=O) groups is 2. The first-order valence-corrected chi connectivity index (χ1v) is 12.7. The highest BCUT2D eigenvalue weighted by molar-refractivity contribution is 6.14. The van der Waals surface area contributed by atoms with Crippen LogP contribution in [0.3, 0.4) is 0 Å². The summed E-state index contributed by atoms with van der Waals surface area (Å²) in [4.78, 5) is 27.4. The molecular weight excluding hydrogens is 410 g/mol. The molecule has 0 saturated carbocycles. The number of nitrogens with zero attached hydrogens (tertiary/aromatic N) is 1. The Hall–Kier alpha value is -2.62. The summed E-state index contributed by atoms with van der Waals surface area (Å²) >= 11 is 0. The van der Waals surface area contributed by atoms with Gasteiger partial charge in [0.15, 0.2) is 0 Å². The second-order valence-electron chi connectivity index (χ2n) is 8.92. The number of amides is 1. The molecule has 33 heavy (non-hydrogen) atoms. The topological polar surface area (TPSA) is 57.6 Å². The molecule has 0 aliphatic rings. The normalized spacial score (nSPS) is 10.9. The van der Waals surface area contributed by atoms with Gasteiger partial charge in [0.2, 0.25) is 0 Å². The summed E-state index contributed by atoms with van der Waals surface area (Å²) in [6.45, 7) is 7.28. The highest BCUT2D eigenvalue weighted by atomic mass is 16.4. The molecule has 0 saturated heterocycles. The molecule has 0 unspecified atom stereocenters. The number of carboxylic acid groups (broad SMARTS) is 1. The van der Waals surface area contributed by atoms with E-state index in [9.17, 15) is 14.7 Å². The van der Waals surface area contributed by atoms with Crippen LogP contribution in [0.5, 0.6) is 0 Å². The van der Waals surface area contributed by atoms with Crippen LogP contribution in [0.4, 0.5) is 0 Å². The van der Waals surface area contributed by atoms with Crippen molar-refractivity contribution in [1.29, 1.82) is 0 Å². The van der Waals surface area contributed by atoms with Crippen molar-refractivity contribution in [1.82, 2.24) is 4.90 Å². The van der Waals surface area contributed by atoms with Crippen LogP contribution in [0, 0.1) is 0 Å². The van der Waals surface area contributed by atoms with E-state index in [2.05, 4.69) is 13.5 Å². The van der Waals surface area contributed by atoms with Gasteiger partial charge in [-0.1, -0.05) is 94.7 Å². The van der Waals surface area contributed by atoms with Crippen molar-refractivity contribution in [3.05, 3.63) is 60.2 Å². The Balaban J connectivity index is 2.01. The van der Waals surface area contributed by atoms with Crippen molar-refractivity contribution in [3.8, 4) is 0 Å². The Morgan fingerprint density at radius 3 is 2.09 bits per heavy atom. The molecule has 0 atom stereocenters. The summed E-state index contributed by atoms with van der Waals surface area (Å²) in [5.41, 5.74) is 0.423. The largest absolute Gasteiger partial charge is 0.478 e. The molecule has 0 aliphatic heterocycles. The van der Waals surface area contributed by atoms with Gasteiger partial charge in [-0.3, -0.25) is 4.79 Å². The maximum atomic E-state index is 13.6. The van der Waals surface area contributed by atoms with Crippen LogP contribution in [-0.2, 0) is 0 Å². The molecule has 0 aliphatic carbocycles. The number of benzene rings is 2. The molecule has 2 aromatic carbocycles. The summed E-state index contributed by atoms with van der Waals surface area (Å²) in [7, 11) is 0. The van der Waals surface area contributed by atoms with Crippen molar-refractivity contribution < 1.29 is 14.7 Å². The van der Waals surface area contributed by atoms with E-state index in [1.165, 1.54) is 38.5 Å². The number of hydrogen-bond acceptors (Lipinski definition) is 2. The van der Waals surface area contributed by atoms with E-state index in [0.29, 0.717) is 18.7 Å². The van der Waals surface area contributed by atoms with Crippen LogP contribution in [0.1, 0.15) is 105 Å². The van der Waals surface area contributed by atoms with E-state index < -0.39 is 5.97 Å². The Bertz CT molecular complexity index is 890. The zero-order valence-electron chi connectivity index (χ0n) is 20.4. The summed E-state index contributed by atoms with van der Waals surface area (Å²) in [6, 6.07) is 10.9. The summed E-state index contributed by atoms with van der Waals surface area (Å²) in [6.07, 6.45) is 15.8. The van der Waals surface area contributed by atoms with Gasteiger partial charge < -0.3 is 10.0 Å². The van der Waals surface area contributed by atoms with Gasteiger partial charge in [0, 0.05) is 13.1 Å².